The van der Waals surface area contributed by atoms with Crippen LogP contribution >= 0.6 is 15.9 Å². The van der Waals surface area contributed by atoms with Gasteiger partial charge >= 0.3 is 0 Å². The third kappa shape index (κ3) is 4.82. The molecule has 17 heavy (non-hydrogen) atoms. The lowest BCUT2D eigenvalue weighted by Crippen LogP contribution is -2.37. The van der Waals surface area contributed by atoms with Crippen LogP contribution in [0.15, 0.2) is 22.9 Å². The molecular weight excluding hydrogens is 308 g/mol. The van der Waals surface area contributed by atoms with E-state index >= 15 is 0 Å². The van der Waals surface area contributed by atoms with Crippen molar-refractivity contribution in [2.24, 2.45) is 0 Å². The van der Waals surface area contributed by atoms with E-state index in [4.69, 9.17) is 0 Å². The van der Waals surface area contributed by atoms with Gasteiger partial charge in [-0.3, -0.25) is 4.79 Å². The van der Waals surface area contributed by atoms with Gasteiger partial charge in [-0.15, -0.1) is 0 Å². The third-order valence-electron chi connectivity index (χ3n) is 1.93. The van der Waals surface area contributed by atoms with Crippen molar-refractivity contribution >= 4 is 31.7 Å². The average Bonchev–Trinajstić information content (AvgIpc) is 2.14. The summed E-state index contributed by atoms with van der Waals surface area (Å²) >= 11 is 3.16. The van der Waals surface area contributed by atoms with Gasteiger partial charge in [-0.1, -0.05) is 0 Å². The van der Waals surface area contributed by atoms with Crippen LogP contribution in [0.1, 0.15) is 17.3 Å². The number of nitrogens with one attached hydrogen (secondary N) is 1. The van der Waals surface area contributed by atoms with Crippen LogP contribution in [0, 0.1) is 0 Å². The van der Waals surface area contributed by atoms with Crippen molar-refractivity contribution in [3.63, 3.8) is 0 Å². The summed E-state index contributed by atoms with van der Waals surface area (Å²) in [6.45, 7) is 1.64. The number of carbonyl (C=O) groups is 1. The number of hydrogen-bond donors (Lipinski definition) is 1. The molecule has 1 aromatic heterocycles. The van der Waals surface area contributed by atoms with Crippen molar-refractivity contribution in [2.75, 3.05) is 12.0 Å². The Kier molecular flexibility index (Phi) is 4.64. The van der Waals surface area contributed by atoms with E-state index in [-0.39, 0.29) is 11.7 Å². The highest BCUT2D eigenvalue weighted by Gasteiger charge is 2.16. The molecule has 1 heterocycles. The maximum Gasteiger partial charge on any atom is 0.254 e. The van der Waals surface area contributed by atoms with E-state index in [1.807, 2.05) is 0 Å². The minimum Gasteiger partial charge on any atom is -0.348 e. The van der Waals surface area contributed by atoms with Crippen LogP contribution in [0.3, 0.4) is 0 Å². The van der Waals surface area contributed by atoms with E-state index in [1.54, 1.807) is 25.3 Å². The van der Waals surface area contributed by atoms with Crippen molar-refractivity contribution in [2.45, 2.75) is 13.0 Å². The minimum atomic E-state index is -3.10. The SMILES string of the molecule is CC(CS(C)(=O)=O)NC(=O)c1cccnc1Br. The molecule has 0 bridgehead atoms. The smallest absolute Gasteiger partial charge is 0.254 e. The quantitative estimate of drug-likeness (QED) is 0.840. The number of hydrogen-bond acceptors (Lipinski definition) is 4. The fourth-order valence-electron chi connectivity index (χ4n) is 1.35. The van der Waals surface area contributed by atoms with E-state index < -0.39 is 15.9 Å². The predicted octanol–water partition coefficient (Wildman–Crippen LogP) is 1.01. The number of nitrogens with zero attached hydrogens (tertiary/aromatic N) is 1. The number of aromatic nitrogens is 1. The van der Waals surface area contributed by atoms with Crippen molar-refractivity contribution in [1.82, 2.24) is 10.3 Å². The fourth-order valence-corrected chi connectivity index (χ4v) is 2.77. The Balaban J connectivity index is 2.71. The first kappa shape index (κ1) is 14.1. The second kappa shape index (κ2) is 5.59. The van der Waals surface area contributed by atoms with E-state index in [1.165, 1.54) is 0 Å². The van der Waals surface area contributed by atoms with Crippen LogP contribution in [0.5, 0.6) is 0 Å². The lowest BCUT2D eigenvalue weighted by Gasteiger charge is -2.13. The summed E-state index contributed by atoms with van der Waals surface area (Å²) in [5.41, 5.74) is 0.382. The van der Waals surface area contributed by atoms with Gasteiger partial charge in [0.25, 0.3) is 5.91 Å². The van der Waals surface area contributed by atoms with Crippen molar-refractivity contribution in [1.29, 1.82) is 0 Å². The standard InChI is InChI=1S/C10H13BrN2O3S/c1-7(6-17(2,15)16)13-10(14)8-4-3-5-12-9(8)11/h3-5,7H,6H2,1-2H3,(H,13,14). The Morgan fingerprint density at radius 2 is 2.24 bits per heavy atom. The molecule has 0 fully saturated rings. The average molecular weight is 321 g/mol. The largest absolute Gasteiger partial charge is 0.348 e. The van der Waals surface area contributed by atoms with Crippen LogP contribution in [0.4, 0.5) is 0 Å². The molecule has 1 aromatic rings. The molecule has 0 spiro atoms. The Hall–Kier alpha value is -0.950. The van der Waals surface area contributed by atoms with Gasteiger partial charge in [-0.25, -0.2) is 13.4 Å². The predicted molar refractivity (Wildman–Crippen MR) is 68.6 cm³/mol. The molecule has 5 nitrogen and oxygen atoms in total. The number of halogens is 1. The molecule has 0 aromatic carbocycles. The van der Waals surface area contributed by atoms with Gasteiger partial charge < -0.3 is 5.32 Å². The van der Waals surface area contributed by atoms with E-state index in [0.29, 0.717) is 10.2 Å². The lowest BCUT2D eigenvalue weighted by atomic mass is 10.2. The highest BCUT2D eigenvalue weighted by Crippen LogP contribution is 2.12. The number of sulfone groups is 1. The fraction of sp³-hybridized carbons (Fsp3) is 0.400. The normalized spacial score (nSPS) is 13.1. The van der Waals surface area contributed by atoms with Gasteiger partial charge in [0.2, 0.25) is 0 Å². The van der Waals surface area contributed by atoms with Gasteiger partial charge in [-0.05, 0) is 35.0 Å². The molecule has 0 radical (unpaired) electrons. The van der Waals surface area contributed by atoms with E-state index in [9.17, 15) is 13.2 Å². The molecule has 1 rings (SSSR count). The molecule has 1 atom stereocenters. The van der Waals surface area contributed by atoms with E-state index in [0.717, 1.165) is 6.26 Å². The summed E-state index contributed by atoms with van der Waals surface area (Å²) in [6, 6.07) is 2.81. The van der Waals surface area contributed by atoms with Crippen LogP contribution in [0.25, 0.3) is 0 Å². The second-order valence-electron chi connectivity index (χ2n) is 3.81. The molecule has 0 aliphatic carbocycles. The van der Waals surface area contributed by atoms with Gasteiger partial charge in [0.15, 0.2) is 0 Å². The number of carbonyl (C=O) groups excluding carboxylic acids is 1. The minimum absolute atomic E-state index is 0.0867. The molecule has 0 aliphatic heterocycles. The zero-order valence-electron chi connectivity index (χ0n) is 9.47. The topological polar surface area (TPSA) is 76.1 Å². The Morgan fingerprint density at radius 3 is 2.76 bits per heavy atom. The molecule has 1 N–H and O–H groups in total. The van der Waals surface area contributed by atoms with Gasteiger partial charge in [0, 0.05) is 18.5 Å². The summed E-state index contributed by atoms with van der Waals surface area (Å²) in [5.74, 6) is -0.433. The van der Waals surface area contributed by atoms with Crippen molar-refractivity contribution in [3.05, 3.63) is 28.5 Å². The van der Waals surface area contributed by atoms with Crippen LogP contribution in [-0.2, 0) is 9.84 Å². The maximum absolute atomic E-state index is 11.8. The van der Waals surface area contributed by atoms with E-state index in [2.05, 4.69) is 26.2 Å². The summed E-state index contributed by atoms with van der Waals surface area (Å²) < 4.78 is 22.5. The first-order chi connectivity index (χ1) is 7.79. The number of amides is 1. The van der Waals surface area contributed by atoms with Crippen LogP contribution < -0.4 is 5.32 Å². The van der Waals surface area contributed by atoms with Gasteiger partial charge in [-0.2, -0.15) is 0 Å². The first-order valence-corrected chi connectivity index (χ1v) is 7.74. The highest BCUT2D eigenvalue weighted by atomic mass is 79.9. The molecule has 0 saturated carbocycles. The summed E-state index contributed by atoms with van der Waals surface area (Å²) in [6.07, 6.45) is 2.69. The number of pyridine rings is 1. The second-order valence-corrected chi connectivity index (χ2v) is 6.74. The Morgan fingerprint density at radius 1 is 1.59 bits per heavy atom. The third-order valence-corrected chi connectivity index (χ3v) is 3.67. The molecule has 94 valence electrons. The molecule has 0 aliphatic rings. The molecule has 0 saturated heterocycles. The van der Waals surface area contributed by atoms with Crippen LogP contribution in [0.2, 0.25) is 0 Å². The molecular formula is C10H13BrN2O3S. The maximum atomic E-state index is 11.8. The zero-order valence-corrected chi connectivity index (χ0v) is 11.9. The first-order valence-electron chi connectivity index (χ1n) is 4.88. The van der Waals surface area contributed by atoms with Gasteiger partial charge in [0.05, 0.1) is 11.3 Å². The summed E-state index contributed by atoms with van der Waals surface area (Å²) in [4.78, 5) is 15.7. The van der Waals surface area contributed by atoms with Crippen molar-refractivity contribution < 1.29 is 13.2 Å². The summed E-state index contributed by atoms with van der Waals surface area (Å²) in [7, 11) is -3.10. The molecule has 1 amide bonds. The Bertz CT molecular complexity index is 516. The van der Waals surface area contributed by atoms with Crippen molar-refractivity contribution in [3.8, 4) is 0 Å². The molecule has 1 unspecified atom stereocenters. The monoisotopic (exact) mass is 320 g/mol. The summed E-state index contributed by atoms with van der Waals surface area (Å²) in [5, 5.41) is 2.61. The Labute approximate surface area is 109 Å². The van der Waals surface area contributed by atoms with Crippen LogP contribution in [-0.4, -0.2) is 37.4 Å². The van der Waals surface area contributed by atoms with Gasteiger partial charge in [0.1, 0.15) is 14.4 Å². The zero-order chi connectivity index (χ0) is 13.1. The molecule has 7 heteroatoms. The highest BCUT2D eigenvalue weighted by molar-refractivity contribution is 9.10. The number of rotatable bonds is 4. The lowest BCUT2D eigenvalue weighted by molar-refractivity contribution is 0.0942.